The summed E-state index contributed by atoms with van der Waals surface area (Å²) in [4.78, 5) is 4.02. The molecule has 0 aliphatic heterocycles. The predicted molar refractivity (Wildman–Crippen MR) is 119 cm³/mol. The first-order chi connectivity index (χ1) is 12.7. The number of pyridine rings is 1. The highest BCUT2D eigenvalue weighted by Gasteiger charge is 2.02. The van der Waals surface area contributed by atoms with Crippen LogP contribution in [0.5, 0.6) is 5.75 Å². The van der Waals surface area contributed by atoms with E-state index >= 15 is 0 Å². The number of hydrogen-bond acceptors (Lipinski definition) is 5. The fourth-order valence-electron chi connectivity index (χ4n) is 2.33. The number of benzene rings is 2. The highest BCUT2D eigenvalue weighted by molar-refractivity contribution is 14.0. The summed E-state index contributed by atoms with van der Waals surface area (Å²) in [6.07, 6.45) is 6.24. The molecule has 2 aromatic carbocycles. The average molecular weight is 473 g/mol. The van der Waals surface area contributed by atoms with Crippen LogP contribution in [-0.4, -0.2) is 22.6 Å². The van der Waals surface area contributed by atoms with Crippen LogP contribution in [0.1, 0.15) is 17.3 Å². The van der Waals surface area contributed by atoms with Gasteiger partial charge in [0.1, 0.15) is 18.3 Å². The first kappa shape index (κ1) is 20.5. The number of rotatable bonds is 6. The maximum Gasteiger partial charge on any atom is 0.115 e. The van der Waals surface area contributed by atoms with Crippen LogP contribution in [0.25, 0.3) is 11.1 Å². The van der Waals surface area contributed by atoms with Crippen molar-refractivity contribution in [2.75, 3.05) is 0 Å². The van der Waals surface area contributed by atoms with Gasteiger partial charge in [0.2, 0.25) is 0 Å². The van der Waals surface area contributed by atoms with Crippen molar-refractivity contribution in [1.82, 2.24) is 10.3 Å². The lowest BCUT2D eigenvalue weighted by molar-refractivity contribution is 0.474. The Morgan fingerprint density at radius 2 is 1.52 bits per heavy atom. The molecule has 0 fully saturated rings. The van der Waals surface area contributed by atoms with Gasteiger partial charge in [-0.2, -0.15) is 5.10 Å². The van der Waals surface area contributed by atoms with Gasteiger partial charge in [-0.05, 0) is 46.5 Å². The van der Waals surface area contributed by atoms with Gasteiger partial charge >= 0.3 is 0 Å². The lowest BCUT2D eigenvalue weighted by Crippen LogP contribution is -2.27. The molecule has 0 aliphatic carbocycles. The third kappa shape index (κ3) is 6.15. The molecule has 0 saturated heterocycles. The number of halogens is 1. The maximum absolute atomic E-state index is 9.27. The number of phenolic OH excluding ortho intramolecular Hbond substituents is 1. The van der Waals surface area contributed by atoms with Crippen molar-refractivity contribution in [3.05, 3.63) is 84.2 Å². The monoisotopic (exact) mass is 473 g/mol. The van der Waals surface area contributed by atoms with Crippen molar-refractivity contribution in [2.45, 2.75) is 6.17 Å². The van der Waals surface area contributed by atoms with Crippen LogP contribution in [0, 0.1) is 0 Å². The number of phenols is 1. The summed E-state index contributed by atoms with van der Waals surface area (Å²) >= 11 is 0. The highest BCUT2D eigenvalue weighted by atomic mass is 127. The molecule has 3 rings (SSSR count). The van der Waals surface area contributed by atoms with Crippen molar-refractivity contribution in [1.29, 1.82) is 0 Å². The molecule has 27 heavy (non-hydrogen) atoms. The number of aromatic hydroxyl groups is 1. The molecule has 0 amide bonds. The van der Waals surface area contributed by atoms with Gasteiger partial charge in [0.05, 0.1) is 6.21 Å². The van der Waals surface area contributed by atoms with Crippen molar-refractivity contribution in [3.63, 3.8) is 0 Å². The number of nitrogens with zero attached hydrogens (tertiary/aromatic N) is 3. The number of nitrogens with two attached hydrogens (primary N) is 1. The standard InChI is InChI=1S/C20H19N5O.HI/c21-20(18-5-7-19(26)8-6-18)23-14-25-24-13-15-1-3-16(4-2-15)17-9-11-22-12-10-17;/h1-14,20,26H,21H2,(H,23,25);1H. The zero-order chi connectivity index (χ0) is 18.2. The molecule has 1 atom stereocenters. The van der Waals surface area contributed by atoms with E-state index in [0.29, 0.717) is 0 Å². The molecule has 1 unspecified atom stereocenters. The van der Waals surface area contributed by atoms with Crippen LogP contribution in [-0.2, 0) is 0 Å². The van der Waals surface area contributed by atoms with Crippen molar-refractivity contribution in [2.24, 2.45) is 15.9 Å². The van der Waals surface area contributed by atoms with E-state index in [1.54, 1.807) is 42.9 Å². The van der Waals surface area contributed by atoms with E-state index in [9.17, 15) is 5.11 Å². The lowest BCUT2D eigenvalue weighted by Gasteiger charge is -2.10. The molecule has 1 aromatic heterocycles. The molecular weight excluding hydrogens is 453 g/mol. The van der Waals surface area contributed by atoms with Gasteiger partial charge in [-0.15, -0.1) is 29.1 Å². The van der Waals surface area contributed by atoms with E-state index in [1.807, 2.05) is 36.4 Å². The first-order valence-electron chi connectivity index (χ1n) is 8.08. The molecule has 1 heterocycles. The fourth-order valence-corrected chi connectivity index (χ4v) is 2.33. The maximum atomic E-state index is 9.27. The van der Waals surface area contributed by atoms with E-state index < -0.39 is 6.17 Å². The minimum atomic E-state index is -0.422. The van der Waals surface area contributed by atoms with Crippen LogP contribution < -0.4 is 11.1 Å². The van der Waals surface area contributed by atoms with Gasteiger partial charge < -0.3 is 16.2 Å². The van der Waals surface area contributed by atoms with E-state index in [2.05, 4.69) is 20.5 Å². The second kappa shape index (κ2) is 10.4. The van der Waals surface area contributed by atoms with E-state index in [0.717, 1.165) is 22.3 Å². The quantitative estimate of drug-likeness (QED) is 0.167. The second-order valence-corrected chi connectivity index (χ2v) is 5.58. The summed E-state index contributed by atoms with van der Waals surface area (Å²) in [7, 11) is 0. The van der Waals surface area contributed by atoms with Crippen molar-refractivity contribution in [3.8, 4) is 16.9 Å². The normalized spacial score (nSPS) is 12.0. The summed E-state index contributed by atoms with van der Waals surface area (Å²) in [6, 6.07) is 18.6. The van der Waals surface area contributed by atoms with Gasteiger partial charge in [0.15, 0.2) is 0 Å². The molecule has 0 bridgehead atoms. The topological polar surface area (TPSA) is 95.9 Å². The molecular formula is C20H20IN5O. The third-order valence-electron chi connectivity index (χ3n) is 3.76. The summed E-state index contributed by atoms with van der Waals surface area (Å²) in [5.74, 6) is 0.203. The molecule has 138 valence electrons. The summed E-state index contributed by atoms with van der Waals surface area (Å²) < 4.78 is 0. The van der Waals surface area contributed by atoms with Gasteiger partial charge in [-0.1, -0.05) is 36.4 Å². The fraction of sp³-hybridized carbons (Fsp3) is 0.0500. The highest BCUT2D eigenvalue weighted by Crippen LogP contribution is 2.18. The van der Waals surface area contributed by atoms with E-state index in [1.165, 1.54) is 6.34 Å². The lowest BCUT2D eigenvalue weighted by atomic mass is 10.1. The Kier molecular flexibility index (Phi) is 7.90. The smallest absolute Gasteiger partial charge is 0.115 e. The van der Waals surface area contributed by atoms with Crippen molar-refractivity contribution >= 4 is 36.5 Å². The van der Waals surface area contributed by atoms with Crippen molar-refractivity contribution < 1.29 is 5.11 Å². The minimum Gasteiger partial charge on any atom is -0.508 e. The Balaban J connectivity index is 0.00000261. The van der Waals surface area contributed by atoms with Crippen LogP contribution >= 0.6 is 24.0 Å². The van der Waals surface area contributed by atoms with Crippen LogP contribution in [0.3, 0.4) is 0 Å². The SMILES string of the molecule is I.NC(NC=NN=Cc1ccc(-c2ccncc2)cc1)c1ccc(O)cc1. The Hall–Kier alpha value is -2.78. The Bertz CT molecular complexity index is 881. The van der Waals surface area contributed by atoms with E-state index in [4.69, 9.17) is 5.73 Å². The van der Waals surface area contributed by atoms with Crippen LogP contribution in [0.15, 0.2) is 83.3 Å². The van der Waals surface area contributed by atoms with Gasteiger partial charge in [0, 0.05) is 12.4 Å². The number of hydrogen-bond donors (Lipinski definition) is 3. The summed E-state index contributed by atoms with van der Waals surface area (Å²) in [6.45, 7) is 0. The summed E-state index contributed by atoms with van der Waals surface area (Å²) in [5, 5.41) is 20.1. The Morgan fingerprint density at radius 3 is 2.19 bits per heavy atom. The third-order valence-corrected chi connectivity index (χ3v) is 3.76. The largest absolute Gasteiger partial charge is 0.508 e. The van der Waals surface area contributed by atoms with Crippen LogP contribution in [0.2, 0.25) is 0 Å². The average Bonchev–Trinajstić information content (AvgIpc) is 2.69. The first-order valence-corrected chi connectivity index (χ1v) is 8.08. The second-order valence-electron chi connectivity index (χ2n) is 5.58. The number of aromatic nitrogens is 1. The molecule has 0 saturated carbocycles. The van der Waals surface area contributed by atoms with Gasteiger partial charge in [-0.3, -0.25) is 4.98 Å². The minimum absolute atomic E-state index is 0. The van der Waals surface area contributed by atoms with E-state index in [-0.39, 0.29) is 29.7 Å². The molecule has 7 heteroatoms. The number of nitrogens with one attached hydrogen (secondary N) is 1. The summed E-state index contributed by atoms with van der Waals surface area (Å²) in [5.41, 5.74) is 9.99. The molecule has 0 aliphatic rings. The molecule has 4 N–H and O–H groups in total. The Labute approximate surface area is 174 Å². The molecule has 0 radical (unpaired) electrons. The Morgan fingerprint density at radius 1 is 0.889 bits per heavy atom. The molecule has 6 nitrogen and oxygen atoms in total. The van der Waals surface area contributed by atoms with Gasteiger partial charge in [0.25, 0.3) is 0 Å². The zero-order valence-corrected chi connectivity index (χ0v) is 16.8. The zero-order valence-electron chi connectivity index (χ0n) is 14.4. The van der Waals surface area contributed by atoms with Gasteiger partial charge in [-0.25, -0.2) is 0 Å². The van der Waals surface area contributed by atoms with Crippen LogP contribution in [0.4, 0.5) is 0 Å². The molecule has 0 spiro atoms. The molecule has 3 aromatic rings. The predicted octanol–water partition coefficient (Wildman–Crippen LogP) is 3.68.